The van der Waals surface area contributed by atoms with Crippen molar-refractivity contribution in [2.45, 2.75) is 45.7 Å². The Morgan fingerprint density at radius 1 is 1.10 bits per heavy atom. The van der Waals surface area contributed by atoms with Crippen molar-refractivity contribution in [3.05, 3.63) is 52.6 Å². The van der Waals surface area contributed by atoms with E-state index in [4.69, 9.17) is 0 Å². The topological polar surface area (TPSA) is 79.3 Å². The van der Waals surface area contributed by atoms with Crippen molar-refractivity contribution in [3.8, 4) is 0 Å². The Bertz CT molecular complexity index is 855. The van der Waals surface area contributed by atoms with Crippen LogP contribution in [0.5, 0.6) is 0 Å². The summed E-state index contributed by atoms with van der Waals surface area (Å²) in [6.45, 7) is 4.71. The summed E-state index contributed by atoms with van der Waals surface area (Å²) in [5.74, 6) is -0.0718. The molecule has 0 bridgehead atoms. The van der Waals surface area contributed by atoms with Crippen LogP contribution in [0.1, 0.15) is 57.2 Å². The smallest absolute Gasteiger partial charge is 0.287 e. The molecular weight excluding hydrogens is 366 g/mol. The van der Waals surface area contributed by atoms with Gasteiger partial charge in [-0.3, -0.25) is 9.59 Å². The van der Waals surface area contributed by atoms with Crippen LogP contribution in [-0.2, 0) is 19.5 Å². The lowest BCUT2D eigenvalue weighted by molar-refractivity contribution is 0.0936. The average molecular weight is 398 g/mol. The summed E-state index contributed by atoms with van der Waals surface area (Å²) in [6.07, 6.45) is 3.65. The number of hydrogen-bond acceptors (Lipinski definition) is 4. The van der Waals surface area contributed by atoms with Gasteiger partial charge in [0.25, 0.3) is 11.8 Å². The second-order valence-electron chi connectivity index (χ2n) is 7.92. The summed E-state index contributed by atoms with van der Waals surface area (Å²) >= 11 is 0. The van der Waals surface area contributed by atoms with Crippen LogP contribution in [0.4, 0.5) is 0 Å². The standard InChI is InChI=1S/C22H31N5O2/c1-16-8-10-17(11-9-16)15-24-21(28)19-18-7-4-5-14-27(18)20(25-19)22(29)23-12-6-13-26(2)3/h8-11H,4-7,12-15H2,1-3H3,(H,23,29)(H,24,28). The van der Waals surface area contributed by atoms with Gasteiger partial charge in [0.15, 0.2) is 5.82 Å². The van der Waals surface area contributed by atoms with E-state index in [0.29, 0.717) is 24.6 Å². The predicted molar refractivity (Wildman–Crippen MR) is 113 cm³/mol. The van der Waals surface area contributed by atoms with Crippen molar-refractivity contribution < 1.29 is 9.59 Å². The van der Waals surface area contributed by atoms with E-state index in [9.17, 15) is 9.59 Å². The molecule has 2 heterocycles. The number of nitrogens with zero attached hydrogens (tertiary/aromatic N) is 3. The summed E-state index contributed by atoms with van der Waals surface area (Å²) < 4.78 is 1.92. The van der Waals surface area contributed by atoms with Crippen LogP contribution in [0, 0.1) is 6.92 Å². The zero-order valence-electron chi connectivity index (χ0n) is 17.6. The number of carbonyl (C=O) groups excluding carboxylic acids is 2. The fourth-order valence-corrected chi connectivity index (χ4v) is 3.55. The van der Waals surface area contributed by atoms with Crippen LogP contribution in [0.25, 0.3) is 0 Å². The van der Waals surface area contributed by atoms with Gasteiger partial charge < -0.3 is 20.1 Å². The molecule has 1 aliphatic rings. The first-order valence-electron chi connectivity index (χ1n) is 10.3. The van der Waals surface area contributed by atoms with Crippen LogP contribution in [0.3, 0.4) is 0 Å². The fraction of sp³-hybridized carbons (Fsp3) is 0.500. The first-order valence-corrected chi connectivity index (χ1v) is 10.3. The first-order chi connectivity index (χ1) is 14.0. The zero-order chi connectivity index (χ0) is 20.8. The number of aryl methyl sites for hydroxylation is 1. The van der Waals surface area contributed by atoms with Crippen LogP contribution >= 0.6 is 0 Å². The summed E-state index contributed by atoms with van der Waals surface area (Å²) in [7, 11) is 4.02. The summed E-state index contributed by atoms with van der Waals surface area (Å²) in [6, 6.07) is 8.06. The third kappa shape index (κ3) is 5.44. The molecule has 2 aromatic rings. The quantitative estimate of drug-likeness (QED) is 0.669. The third-order valence-electron chi connectivity index (χ3n) is 5.18. The molecular formula is C22H31N5O2. The van der Waals surface area contributed by atoms with Gasteiger partial charge in [0.05, 0.1) is 5.69 Å². The maximum atomic E-state index is 12.8. The van der Waals surface area contributed by atoms with Gasteiger partial charge in [-0.05, 0) is 58.8 Å². The number of rotatable bonds is 8. The monoisotopic (exact) mass is 397 g/mol. The number of fused-ring (bicyclic) bond motifs is 1. The van der Waals surface area contributed by atoms with Crippen LogP contribution in [-0.4, -0.2) is 53.5 Å². The fourth-order valence-electron chi connectivity index (χ4n) is 3.55. The van der Waals surface area contributed by atoms with Crippen LogP contribution < -0.4 is 10.6 Å². The SMILES string of the molecule is Cc1ccc(CNC(=O)c2nc(C(=O)NCCCN(C)C)n3c2CCCC3)cc1. The Kier molecular flexibility index (Phi) is 7.04. The zero-order valence-corrected chi connectivity index (χ0v) is 17.6. The maximum Gasteiger partial charge on any atom is 0.287 e. The molecule has 0 fully saturated rings. The van der Waals surface area contributed by atoms with Crippen molar-refractivity contribution in [1.29, 1.82) is 0 Å². The highest BCUT2D eigenvalue weighted by Crippen LogP contribution is 2.21. The molecule has 0 saturated heterocycles. The predicted octanol–water partition coefficient (Wildman–Crippen LogP) is 2.14. The summed E-state index contributed by atoms with van der Waals surface area (Å²) in [5.41, 5.74) is 3.48. The molecule has 0 radical (unpaired) electrons. The van der Waals surface area contributed by atoms with Crippen molar-refractivity contribution in [2.75, 3.05) is 27.2 Å². The Morgan fingerprint density at radius 3 is 2.59 bits per heavy atom. The normalized spacial score (nSPS) is 13.2. The van der Waals surface area contributed by atoms with Gasteiger partial charge in [-0.2, -0.15) is 0 Å². The molecule has 1 aliphatic heterocycles. The molecule has 0 saturated carbocycles. The molecule has 7 nitrogen and oxygen atoms in total. The van der Waals surface area contributed by atoms with E-state index in [2.05, 4.69) is 20.5 Å². The molecule has 29 heavy (non-hydrogen) atoms. The van der Waals surface area contributed by atoms with E-state index in [-0.39, 0.29) is 11.8 Å². The summed E-state index contributed by atoms with van der Waals surface area (Å²) in [4.78, 5) is 32.0. The minimum absolute atomic E-state index is 0.204. The molecule has 156 valence electrons. The minimum atomic E-state index is -0.220. The first kappa shape index (κ1) is 21.0. The van der Waals surface area contributed by atoms with Crippen molar-refractivity contribution in [3.63, 3.8) is 0 Å². The summed E-state index contributed by atoms with van der Waals surface area (Å²) in [5, 5.41) is 5.89. The Hall–Kier alpha value is -2.67. The minimum Gasteiger partial charge on any atom is -0.349 e. The molecule has 0 unspecified atom stereocenters. The third-order valence-corrected chi connectivity index (χ3v) is 5.18. The number of hydrogen-bond donors (Lipinski definition) is 2. The van der Waals surface area contributed by atoms with Crippen molar-refractivity contribution >= 4 is 11.8 Å². The second-order valence-corrected chi connectivity index (χ2v) is 7.92. The number of benzene rings is 1. The van der Waals surface area contributed by atoms with Gasteiger partial charge in [0, 0.05) is 19.6 Å². The van der Waals surface area contributed by atoms with E-state index >= 15 is 0 Å². The molecule has 7 heteroatoms. The van der Waals surface area contributed by atoms with Gasteiger partial charge >= 0.3 is 0 Å². The maximum absolute atomic E-state index is 12.8. The van der Waals surface area contributed by atoms with Crippen molar-refractivity contribution in [2.24, 2.45) is 0 Å². The molecule has 0 aliphatic carbocycles. The van der Waals surface area contributed by atoms with E-state index < -0.39 is 0 Å². The highest BCUT2D eigenvalue weighted by atomic mass is 16.2. The molecule has 0 spiro atoms. The van der Waals surface area contributed by atoms with Gasteiger partial charge in [0.1, 0.15) is 5.69 Å². The Morgan fingerprint density at radius 2 is 1.86 bits per heavy atom. The number of carbonyl (C=O) groups is 2. The van der Waals surface area contributed by atoms with E-state index in [1.54, 1.807) is 0 Å². The lowest BCUT2D eigenvalue weighted by atomic mass is 10.1. The van der Waals surface area contributed by atoms with Gasteiger partial charge in [-0.1, -0.05) is 29.8 Å². The van der Waals surface area contributed by atoms with Crippen LogP contribution in [0.15, 0.2) is 24.3 Å². The van der Waals surface area contributed by atoms with Gasteiger partial charge in [-0.25, -0.2) is 4.98 Å². The lowest BCUT2D eigenvalue weighted by Crippen LogP contribution is -2.30. The highest BCUT2D eigenvalue weighted by molar-refractivity contribution is 5.97. The molecule has 2 amide bonds. The molecule has 1 aromatic carbocycles. The number of aromatic nitrogens is 2. The molecule has 2 N–H and O–H groups in total. The van der Waals surface area contributed by atoms with E-state index in [0.717, 1.165) is 50.0 Å². The van der Waals surface area contributed by atoms with E-state index in [1.165, 1.54) is 5.56 Å². The lowest BCUT2D eigenvalue weighted by Gasteiger charge is -2.17. The Balaban J connectivity index is 1.69. The number of imidazole rings is 1. The average Bonchev–Trinajstić information content (AvgIpc) is 3.10. The number of amides is 2. The van der Waals surface area contributed by atoms with Gasteiger partial charge in [0.2, 0.25) is 0 Å². The molecule has 3 rings (SSSR count). The van der Waals surface area contributed by atoms with E-state index in [1.807, 2.05) is 49.9 Å². The van der Waals surface area contributed by atoms with Crippen LogP contribution in [0.2, 0.25) is 0 Å². The highest BCUT2D eigenvalue weighted by Gasteiger charge is 2.27. The molecule has 0 atom stereocenters. The largest absolute Gasteiger partial charge is 0.349 e. The second kappa shape index (κ2) is 9.69. The number of nitrogens with one attached hydrogen (secondary N) is 2. The molecule has 1 aromatic heterocycles. The van der Waals surface area contributed by atoms with Gasteiger partial charge in [-0.15, -0.1) is 0 Å². The Labute approximate surface area is 172 Å². The van der Waals surface area contributed by atoms with Crippen molar-refractivity contribution in [1.82, 2.24) is 25.1 Å².